The second-order valence-electron chi connectivity index (χ2n) is 4.86. The van der Waals surface area contributed by atoms with Crippen LogP contribution in [0.2, 0.25) is 0 Å². The Balaban J connectivity index is 1.87. The Bertz CT molecular complexity index is 748. The molecule has 0 radical (unpaired) electrons. The maximum Gasteiger partial charge on any atom is 0.331 e. The Morgan fingerprint density at radius 1 is 1.21 bits per heavy atom. The molecule has 0 aliphatic carbocycles. The van der Waals surface area contributed by atoms with Crippen LogP contribution < -0.4 is 11.1 Å². The van der Waals surface area contributed by atoms with Gasteiger partial charge in [0.2, 0.25) is 5.91 Å². The van der Waals surface area contributed by atoms with Crippen molar-refractivity contribution in [2.45, 2.75) is 13.0 Å². The molecule has 3 N–H and O–H groups in total. The Morgan fingerprint density at radius 3 is 2.50 bits per heavy atom. The van der Waals surface area contributed by atoms with Gasteiger partial charge in [-0.3, -0.25) is 9.59 Å². The number of furan rings is 1. The van der Waals surface area contributed by atoms with Gasteiger partial charge in [0.1, 0.15) is 5.76 Å². The van der Waals surface area contributed by atoms with Gasteiger partial charge in [-0.1, -0.05) is 0 Å². The van der Waals surface area contributed by atoms with Crippen LogP contribution in [-0.4, -0.2) is 23.9 Å². The number of carbonyl (C=O) groups is 3. The fourth-order valence-electron chi connectivity index (χ4n) is 1.77. The van der Waals surface area contributed by atoms with Crippen LogP contribution in [0.15, 0.2) is 53.2 Å². The van der Waals surface area contributed by atoms with Crippen molar-refractivity contribution in [1.82, 2.24) is 0 Å². The quantitative estimate of drug-likeness (QED) is 0.622. The SMILES string of the molecule is C[C@@H](OC(=O)/C=C/c1ccco1)C(=O)Nc1ccc(C(N)=O)cc1. The number of benzene rings is 1. The van der Waals surface area contributed by atoms with E-state index in [1.165, 1.54) is 49.6 Å². The number of hydrogen-bond acceptors (Lipinski definition) is 5. The number of nitrogens with one attached hydrogen (secondary N) is 1. The molecule has 24 heavy (non-hydrogen) atoms. The summed E-state index contributed by atoms with van der Waals surface area (Å²) in [7, 11) is 0. The minimum Gasteiger partial charge on any atom is -0.465 e. The van der Waals surface area contributed by atoms with E-state index in [1.807, 2.05) is 0 Å². The van der Waals surface area contributed by atoms with Crippen molar-refractivity contribution in [3.05, 3.63) is 60.1 Å². The molecular weight excluding hydrogens is 312 g/mol. The Labute approximate surface area is 138 Å². The molecule has 1 aromatic heterocycles. The molecule has 1 heterocycles. The van der Waals surface area contributed by atoms with Gasteiger partial charge in [0.05, 0.1) is 6.26 Å². The van der Waals surface area contributed by atoms with Gasteiger partial charge >= 0.3 is 5.97 Å². The molecule has 1 aromatic carbocycles. The number of rotatable bonds is 6. The summed E-state index contributed by atoms with van der Waals surface area (Å²) in [5.74, 6) is -1.23. The average Bonchev–Trinajstić information content (AvgIpc) is 3.06. The maximum absolute atomic E-state index is 12.0. The van der Waals surface area contributed by atoms with E-state index in [-0.39, 0.29) is 0 Å². The predicted octanol–water partition coefficient (Wildman–Crippen LogP) is 1.96. The second-order valence-corrected chi connectivity index (χ2v) is 4.86. The van der Waals surface area contributed by atoms with Gasteiger partial charge < -0.3 is 20.2 Å². The summed E-state index contributed by atoms with van der Waals surface area (Å²) in [4.78, 5) is 34.6. The lowest BCUT2D eigenvalue weighted by Crippen LogP contribution is -2.29. The van der Waals surface area contributed by atoms with Gasteiger partial charge in [0.15, 0.2) is 6.10 Å². The average molecular weight is 328 g/mol. The molecular formula is C17H16N2O5. The standard InChI is InChI=1S/C17H16N2O5/c1-11(24-15(20)9-8-14-3-2-10-23-14)17(22)19-13-6-4-12(5-7-13)16(18)21/h2-11H,1H3,(H2,18,21)(H,19,22)/b9-8+/t11-/m1/s1. The van der Waals surface area contributed by atoms with E-state index in [1.54, 1.807) is 12.1 Å². The lowest BCUT2D eigenvalue weighted by molar-refractivity contribution is -0.148. The summed E-state index contributed by atoms with van der Waals surface area (Å²) >= 11 is 0. The number of ether oxygens (including phenoxy) is 1. The van der Waals surface area contributed by atoms with Crippen molar-refractivity contribution in [1.29, 1.82) is 0 Å². The molecule has 0 unspecified atom stereocenters. The van der Waals surface area contributed by atoms with E-state index in [9.17, 15) is 14.4 Å². The topological polar surface area (TPSA) is 112 Å². The fraction of sp³-hybridized carbons (Fsp3) is 0.118. The van der Waals surface area contributed by atoms with Crippen LogP contribution in [-0.2, 0) is 14.3 Å². The normalized spacial score (nSPS) is 11.9. The third-order valence-electron chi connectivity index (χ3n) is 3.03. The van der Waals surface area contributed by atoms with Gasteiger partial charge in [-0.25, -0.2) is 4.79 Å². The molecule has 7 heteroatoms. The first kappa shape index (κ1) is 17.0. The maximum atomic E-state index is 12.0. The zero-order chi connectivity index (χ0) is 17.5. The largest absolute Gasteiger partial charge is 0.465 e. The molecule has 0 spiro atoms. The van der Waals surface area contributed by atoms with Gasteiger partial charge in [0.25, 0.3) is 5.91 Å². The molecule has 0 saturated heterocycles. The van der Waals surface area contributed by atoms with Crippen molar-refractivity contribution in [3.63, 3.8) is 0 Å². The van der Waals surface area contributed by atoms with Crippen LogP contribution in [0.1, 0.15) is 23.0 Å². The van der Waals surface area contributed by atoms with E-state index < -0.39 is 23.9 Å². The van der Waals surface area contributed by atoms with Crippen LogP contribution in [0.3, 0.4) is 0 Å². The summed E-state index contributed by atoms with van der Waals surface area (Å²) < 4.78 is 10.0. The molecule has 124 valence electrons. The number of carbonyl (C=O) groups excluding carboxylic acids is 3. The van der Waals surface area contributed by atoms with Crippen molar-refractivity contribution in [3.8, 4) is 0 Å². The lowest BCUT2D eigenvalue weighted by atomic mass is 10.2. The van der Waals surface area contributed by atoms with E-state index in [0.717, 1.165) is 0 Å². The zero-order valence-corrected chi connectivity index (χ0v) is 12.9. The molecule has 2 aromatic rings. The van der Waals surface area contributed by atoms with Gasteiger partial charge in [0, 0.05) is 17.3 Å². The molecule has 0 fully saturated rings. The molecule has 0 aliphatic heterocycles. The van der Waals surface area contributed by atoms with E-state index >= 15 is 0 Å². The van der Waals surface area contributed by atoms with Crippen molar-refractivity contribution in [2.24, 2.45) is 5.73 Å². The highest BCUT2D eigenvalue weighted by molar-refractivity contribution is 5.97. The first-order valence-corrected chi connectivity index (χ1v) is 7.08. The van der Waals surface area contributed by atoms with Crippen LogP contribution >= 0.6 is 0 Å². The molecule has 0 bridgehead atoms. The second kappa shape index (κ2) is 7.77. The Hall–Kier alpha value is -3.35. The van der Waals surface area contributed by atoms with Crippen LogP contribution in [0.25, 0.3) is 6.08 Å². The highest BCUT2D eigenvalue weighted by atomic mass is 16.5. The minimum atomic E-state index is -0.991. The number of nitrogens with two attached hydrogens (primary N) is 1. The van der Waals surface area contributed by atoms with Crippen LogP contribution in [0.4, 0.5) is 5.69 Å². The zero-order valence-electron chi connectivity index (χ0n) is 12.9. The third kappa shape index (κ3) is 4.84. The Kier molecular flexibility index (Phi) is 5.51. The molecule has 0 aliphatic rings. The molecule has 7 nitrogen and oxygen atoms in total. The van der Waals surface area contributed by atoms with E-state index in [2.05, 4.69) is 5.32 Å². The van der Waals surface area contributed by atoms with Crippen LogP contribution in [0.5, 0.6) is 0 Å². The van der Waals surface area contributed by atoms with E-state index in [0.29, 0.717) is 17.0 Å². The number of primary amides is 1. The summed E-state index contributed by atoms with van der Waals surface area (Å²) in [6.07, 6.45) is 3.10. The van der Waals surface area contributed by atoms with Gasteiger partial charge in [-0.15, -0.1) is 0 Å². The number of esters is 1. The summed E-state index contributed by atoms with van der Waals surface area (Å²) in [6.45, 7) is 1.45. The number of amides is 2. The van der Waals surface area contributed by atoms with Gasteiger partial charge in [-0.05, 0) is 49.4 Å². The number of hydrogen-bond donors (Lipinski definition) is 2. The molecule has 1 atom stereocenters. The smallest absolute Gasteiger partial charge is 0.331 e. The van der Waals surface area contributed by atoms with E-state index in [4.69, 9.17) is 14.9 Å². The first-order chi connectivity index (χ1) is 11.5. The Morgan fingerprint density at radius 2 is 1.92 bits per heavy atom. The van der Waals surface area contributed by atoms with Crippen molar-refractivity contribution in [2.75, 3.05) is 5.32 Å². The van der Waals surface area contributed by atoms with Crippen molar-refractivity contribution < 1.29 is 23.5 Å². The molecule has 2 amide bonds. The highest BCUT2D eigenvalue weighted by Crippen LogP contribution is 2.10. The van der Waals surface area contributed by atoms with Gasteiger partial charge in [-0.2, -0.15) is 0 Å². The highest BCUT2D eigenvalue weighted by Gasteiger charge is 2.16. The third-order valence-corrected chi connectivity index (χ3v) is 3.03. The van der Waals surface area contributed by atoms with Crippen molar-refractivity contribution >= 4 is 29.5 Å². The first-order valence-electron chi connectivity index (χ1n) is 7.08. The summed E-state index contributed by atoms with van der Waals surface area (Å²) in [5, 5.41) is 2.57. The minimum absolute atomic E-state index is 0.329. The summed E-state index contributed by atoms with van der Waals surface area (Å²) in [6, 6.07) is 9.40. The predicted molar refractivity (Wildman–Crippen MR) is 86.9 cm³/mol. The fourth-order valence-corrected chi connectivity index (χ4v) is 1.77. The van der Waals surface area contributed by atoms with Crippen LogP contribution in [0, 0.1) is 0 Å². The molecule has 0 saturated carbocycles. The monoisotopic (exact) mass is 328 g/mol. The molecule has 2 rings (SSSR count). The summed E-state index contributed by atoms with van der Waals surface area (Å²) in [5.41, 5.74) is 5.92. The lowest BCUT2D eigenvalue weighted by Gasteiger charge is -2.12. The number of anilines is 1.